The van der Waals surface area contributed by atoms with E-state index in [0.717, 1.165) is 24.3 Å². The van der Waals surface area contributed by atoms with Crippen LogP contribution in [-0.2, 0) is 0 Å². The molecule has 24 heavy (non-hydrogen) atoms. The lowest BCUT2D eigenvalue weighted by Crippen LogP contribution is -2.10. The van der Waals surface area contributed by atoms with E-state index in [4.69, 9.17) is 0 Å². The van der Waals surface area contributed by atoms with Crippen LogP contribution >= 0.6 is 0 Å². The maximum atomic E-state index is 4.45. The Morgan fingerprint density at radius 2 is 1.12 bits per heavy atom. The highest BCUT2D eigenvalue weighted by atomic mass is 15.3. The minimum absolute atomic E-state index is 0.494. The van der Waals surface area contributed by atoms with Crippen molar-refractivity contribution in [3.8, 4) is 0 Å². The number of nitrogens with one attached hydrogen (secondary N) is 3. The van der Waals surface area contributed by atoms with Crippen LogP contribution in [0.2, 0.25) is 0 Å². The van der Waals surface area contributed by atoms with Crippen LogP contribution in [0.3, 0.4) is 0 Å². The van der Waals surface area contributed by atoms with Gasteiger partial charge in [-0.3, -0.25) is 0 Å². The summed E-state index contributed by atoms with van der Waals surface area (Å²) in [5.74, 6) is 1.53. The Kier molecular flexibility index (Phi) is 5.19. The molecule has 0 radical (unpaired) electrons. The van der Waals surface area contributed by atoms with Crippen molar-refractivity contribution in [2.45, 2.75) is 13.3 Å². The minimum atomic E-state index is 0.494. The molecule has 1 heterocycles. The first kappa shape index (κ1) is 15.7. The molecule has 0 fully saturated rings. The molecule has 0 saturated carbocycles. The number of hydrogen-bond acceptors (Lipinski definition) is 6. The Bertz CT molecular complexity index is 701. The van der Waals surface area contributed by atoms with Crippen LogP contribution in [-0.4, -0.2) is 21.5 Å². The van der Waals surface area contributed by atoms with Crippen molar-refractivity contribution in [3.63, 3.8) is 0 Å². The van der Waals surface area contributed by atoms with Gasteiger partial charge in [0.05, 0.1) is 0 Å². The first-order chi connectivity index (χ1) is 11.8. The van der Waals surface area contributed by atoms with Gasteiger partial charge in [0.1, 0.15) is 0 Å². The van der Waals surface area contributed by atoms with Crippen LogP contribution in [0.1, 0.15) is 13.3 Å². The van der Waals surface area contributed by atoms with E-state index in [1.807, 2.05) is 60.7 Å². The van der Waals surface area contributed by atoms with E-state index in [9.17, 15) is 0 Å². The molecule has 0 amide bonds. The molecular weight excluding hydrogens is 300 g/mol. The molecule has 0 atom stereocenters. The third-order valence-electron chi connectivity index (χ3n) is 3.23. The molecule has 3 N–H and O–H groups in total. The summed E-state index contributed by atoms with van der Waals surface area (Å²) in [5, 5.41) is 9.61. The normalized spacial score (nSPS) is 10.2. The lowest BCUT2D eigenvalue weighted by molar-refractivity contribution is 0.942. The van der Waals surface area contributed by atoms with Gasteiger partial charge in [0.25, 0.3) is 0 Å². The summed E-state index contributed by atoms with van der Waals surface area (Å²) in [6, 6.07) is 19.6. The summed E-state index contributed by atoms with van der Waals surface area (Å²) in [6.45, 7) is 2.90. The maximum Gasteiger partial charge on any atom is 0.233 e. The monoisotopic (exact) mass is 320 g/mol. The number of para-hydroxylation sites is 2. The lowest BCUT2D eigenvalue weighted by Gasteiger charge is -2.11. The third-order valence-corrected chi connectivity index (χ3v) is 3.23. The molecule has 0 unspecified atom stereocenters. The van der Waals surface area contributed by atoms with Crippen LogP contribution in [0.15, 0.2) is 60.7 Å². The van der Waals surface area contributed by atoms with Gasteiger partial charge in [0.2, 0.25) is 17.8 Å². The summed E-state index contributed by atoms with van der Waals surface area (Å²) in [7, 11) is 0. The number of hydrogen-bond donors (Lipinski definition) is 3. The fourth-order valence-electron chi connectivity index (χ4n) is 2.10. The van der Waals surface area contributed by atoms with Crippen molar-refractivity contribution >= 4 is 29.2 Å². The van der Waals surface area contributed by atoms with E-state index >= 15 is 0 Å². The van der Waals surface area contributed by atoms with Gasteiger partial charge in [0, 0.05) is 17.9 Å². The van der Waals surface area contributed by atoms with Gasteiger partial charge in [-0.2, -0.15) is 15.0 Å². The molecule has 6 heteroatoms. The van der Waals surface area contributed by atoms with Gasteiger partial charge in [-0.25, -0.2) is 0 Å². The SMILES string of the molecule is CCCNc1nc(Nc2ccccc2)nc(Nc2ccccc2)n1. The second-order valence-electron chi connectivity index (χ2n) is 5.22. The highest BCUT2D eigenvalue weighted by Crippen LogP contribution is 2.18. The Morgan fingerprint density at radius 3 is 1.58 bits per heavy atom. The van der Waals surface area contributed by atoms with E-state index in [-0.39, 0.29) is 0 Å². The molecule has 2 aromatic carbocycles. The van der Waals surface area contributed by atoms with Crippen molar-refractivity contribution in [2.75, 3.05) is 22.5 Å². The second-order valence-corrected chi connectivity index (χ2v) is 5.22. The van der Waals surface area contributed by atoms with Crippen molar-refractivity contribution < 1.29 is 0 Å². The number of nitrogens with zero attached hydrogens (tertiary/aromatic N) is 3. The van der Waals surface area contributed by atoms with E-state index in [0.29, 0.717) is 17.8 Å². The molecular formula is C18H20N6. The lowest BCUT2D eigenvalue weighted by atomic mass is 10.3. The van der Waals surface area contributed by atoms with Crippen LogP contribution < -0.4 is 16.0 Å². The maximum absolute atomic E-state index is 4.45. The average Bonchev–Trinajstić information content (AvgIpc) is 2.61. The molecule has 3 aromatic rings. The van der Waals surface area contributed by atoms with Gasteiger partial charge >= 0.3 is 0 Å². The molecule has 6 nitrogen and oxygen atoms in total. The molecule has 0 saturated heterocycles. The zero-order valence-electron chi connectivity index (χ0n) is 13.5. The highest BCUT2D eigenvalue weighted by molar-refractivity contribution is 5.58. The molecule has 0 aliphatic carbocycles. The van der Waals surface area contributed by atoms with Gasteiger partial charge < -0.3 is 16.0 Å². The molecule has 1 aromatic heterocycles. The molecule has 122 valence electrons. The predicted octanol–water partition coefficient (Wildman–Crippen LogP) is 4.18. The van der Waals surface area contributed by atoms with E-state index in [2.05, 4.69) is 37.8 Å². The van der Waals surface area contributed by atoms with Crippen LogP contribution in [0, 0.1) is 0 Å². The highest BCUT2D eigenvalue weighted by Gasteiger charge is 2.07. The molecule has 0 aliphatic heterocycles. The predicted molar refractivity (Wildman–Crippen MR) is 98.1 cm³/mol. The Hall–Kier alpha value is -3.15. The first-order valence-electron chi connectivity index (χ1n) is 7.97. The van der Waals surface area contributed by atoms with Crippen molar-refractivity contribution in [1.82, 2.24) is 15.0 Å². The molecule has 3 rings (SSSR count). The third kappa shape index (κ3) is 4.42. The quantitative estimate of drug-likeness (QED) is 0.606. The van der Waals surface area contributed by atoms with Crippen LogP contribution in [0.25, 0.3) is 0 Å². The van der Waals surface area contributed by atoms with Crippen LogP contribution in [0.4, 0.5) is 29.2 Å². The van der Waals surface area contributed by atoms with E-state index in [1.165, 1.54) is 0 Å². The van der Waals surface area contributed by atoms with Crippen molar-refractivity contribution in [2.24, 2.45) is 0 Å². The summed E-state index contributed by atoms with van der Waals surface area (Å²) >= 11 is 0. The number of anilines is 5. The topological polar surface area (TPSA) is 74.8 Å². The number of rotatable bonds is 7. The standard InChI is InChI=1S/C18H20N6/c1-2-13-19-16-22-17(20-14-9-5-3-6-10-14)24-18(23-16)21-15-11-7-4-8-12-15/h3-12H,2,13H2,1H3,(H3,19,20,21,22,23,24). The zero-order chi connectivity index (χ0) is 16.6. The Morgan fingerprint density at radius 1 is 0.667 bits per heavy atom. The van der Waals surface area contributed by atoms with Gasteiger partial charge in [0.15, 0.2) is 0 Å². The second kappa shape index (κ2) is 7.92. The van der Waals surface area contributed by atoms with Crippen LogP contribution in [0.5, 0.6) is 0 Å². The van der Waals surface area contributed by atoms with Crippen molar-refractivity contribution in [3.05, 3.63) is 60.7 Å². The summed E-state index contributed by atoms with van der Waals surface area (Å²) in [5.41, 5.74) is 1.85. The van der Waals surface area contributed by atoms with Gasteiger partial charge in [-0.15, -0.1) is 0 Å². The van der Waals surface area contributed by atoms with E-state index in [1.54, 1.807) is 0 Å². The van der Waals surface area contributed by atoms with Gasteiger partial charge in [-0.05, 0) is 30.7 Å². The summed E-state index contributed by atoms with van der Waals surface area (Å²) in [6.07, 6.45) is 0.995. The smallest absolute Gasteiger partial charge is 0.233 e. The largest absolute Gasteiger partial charge is 0.354 e. The number of benzene rings is 2. The van der Waals surface area contributed by atoms with Crippen molar-refractivity contribution in [1.29, 1.82) is 0 Å². The molecule has 0 spiro atoms. The Balaban J connectivity index is 1.85. The molecule has 0 bridgehead atoms. The zero-order valence-corrected chi connectivity index (χ0v) is 13.5. The first-order valence-corrected chi connectivity index (χ1v) is 7.97. The average molecular weight is 320 g/mol. The minimum Gasteiger partial charge on any atom is -0.354 e. The summed E-state index contributed by atoms with van der Waals surface area (Å²) in [4.78, 5) is 13.3. The number of aromatic nitrogens is 3. The fraction of sp³-hybridized carbons (Fsp3) is 0.167. The van der Waals surface area contributed by atoms with Gasteiger partial charge in [-0.1, -0.05) is 43.3 Å². The Labute approximate surface area is 141 Å². The molecule has 0 aliphatic rings. The fourth-order valence-corrected chi connectivity index (χ4v) is 2.10. The summed E-state index contributed by atoms with van der Waals surface area (Å²) < 4.78 is 0. The van der Waals surface area contributed by atoms with E-state index < -0.39 is 0 Å².